The second kappa shape index (κ2) is 4.29. The van der Waals surface area contributed by atoms with Crippen LogP contribution in [0.5, 0.6) is 0 Å². The summed E-state index contributed by atoms with van der Waals surface area (Å²) in [5.41, 5.74) is 0.767. The van der Waals surface area contributed by atoms with E-state index in [4.69, 9.17) is 11.6 Å². The van der Waals surface area contributed by atoms with Crippen molar-refractivity contribution in [3.05, 3.63) is 27.7 Å². The van der Waals surface area contributed by atoms with Crippen LogP contribution in [0, 0.1) is 17.8 Å². The number of hydrogen-bond donors (Lipinski definition) is 1. The van der Waals surface area contributed by atoms with E-state index in [1.165, 1.54) is 6.42 Å². The lowest BCUT2D eigenvalue weighted by Crippen LogP contribution is -2.21. The van der Waals surface area contributed by atoms with Crippen LogP contribution < -0.4 is 5.32 Å². The van der Waals surface area contributed by atoms with Gasteiger partial charge in [0, 0.05) is 5.92 Å². The van der Waals surface area contributed by atoms with Crippen LogP contribution in [0.15, 0.2) is 22.7 Å². The number of rotatable bonds is 2. The molecule has 1 amide bonds. The van der Waals surface area contributed by atoms with Crippen LogP contribution >= 0.6 is 27.5 Å². The summed E-state index contributed by atoms with van der Waals surface area (Å²) in [6.45, 7) is 0. The number of carbonyl (C=O) groups excluding carboxylic acids is 1. The standard InChI is InChI=1S/C13H13BrClNO/c14-12-10(15)2-1-3-11(12)16-13(17)9-5-7-4-8(7)6-9/h1-3,7-9H,4-6H2,(H,16,17). The molecule has 4 heteroatoms. The Hall–Kier alpha value is -0.540. The minimum Gasteiger partial charge on any atom is -0.325 e. The zero-order chi connectivity index (χ0) is 12.0. The maximum Gasteiger partial charge on any atom is 0.227 e. The highest BCUT2D eigenvalue weighted by molar-refractivity contribution is 9.10. The molecule has 17 heavy (non-hydrogen) atoms. The first-order valence-corrected chi connectivity index (χ1v) is 7.07. The van der Waals surface area contributed by atoms with Crippen molar-refractivity contribution >= 4 is 39.1 Å². The van der Waals surface area contributed by atoms with E-state index >= 15 is 0 Å². The minimum absolute atomic E-state index is 0.139. The van der Waals surface area contributed by atoms with E-state index < -0.39 is 0 Å². The average molecular weight is 315 g/mol. The van der Waals surface area contributed by atoms with E-state index in [2.05, 4.69) is 21.2 Å². The van der Waals surface area contributed by atoms with Gasteiger partial charge in [0.2, 0.25) is 5.91 Å². The van der Waals surface area contributed by atoms with E-state index in [9.17, 15) is 4.79 Å². The summed E-state index contributed by atoms with van der Waals surface area (Å²) in [7, 11) is 0. The van der Waals surface area contributed by atoms with Gasteiger partial charge in [0.15, 0.2) is 0 Å². The molecule has 1 aromatic carbocycles. The molecule has 0 radical (unpaired) electrons. The number of anilines is 1. The lowest BCUT2D eigenvalue weighted by atomic mass is 10.0. The van der Waals surface area contributed by atoms with Crippen molar-refractivity contribution in [2.75, 3.05) is 5.32 Å². The number of hydrogen-bond acceptors (Lipinski definition) is 1. The quantitative estimate of drug-likeness (QED) is 0.875. The summed E-state index contributed by atoms with van der Waals surface area (Å²) in [6, 6.07) is 5.50. The fraction of sp³-hybridized carbons (Fsp3) is 0.462. The van der Waals surface area contributed by atoms with Crippen molar-refractivity contribution in [1.82, 2.24) is 0 Å². The molecule has 2 aliphatic rings. The molecule has 2 aliphatic carbocycles. The van der Waals surface area contributed by atoms with E-state index in [1.54, 1.807) is 6.07 Å². The molecular weight excluding hydrogens is 302 g/mol. The Morgan fingerprint density at radius 1 is 1.29 bits per heavy atom. The van der Waals surface area contributed by atoms with E-state index in [0.717, 1.165) is 34.8 Å². The first kappa shape index (κ1) is 11.5. The summed E-state index contributed by atoms with van der Waals surface area (Å²) in [5.74, 6) is 1.99. The Bertz CT molecular complexity index is 466. The van der Waals surface area contributed by atoms with Crippen LogP contribution in [-0.4, -0.2) is 5.91 Å². The summed E-state index contributed by atoms with van der Waals surface area (Å²) < 4.78 is 0.762. The van der Waals surface area contributed by atoms with Gasteiger partial charge in [-0.3, -0.25) is 4.79 Å². The molecule has 0 aliphatic heterocycles. The highest BCUT2D eigenvalue weighted by Crippen LogP contribution is 2.54. The molecule has 0 bridgehead atoms. The van der Waals surface area contributed by atoms with Gasteiger partial charge in [0.1, 0.15) is 0 Å². The molecule has 0 spiro atoms. The average Bonchev–Trinajstić information content (AvgIpc) is 2.92. The van der Waals surface area contributed by atoms with Crippen molar-refractivity contribution in [2.24, 2.45) is 17.8 Å². The maximum atomic E-state index is 12.1. The van der Waals surface area contributed by atoms with Crippen LogP contribution in [-0.2, 0) is 4.79 Å². The molecule has 2 nitrogen and oxygen atoms in total. The molecule has 3 rings (SSSR count). The molecule has 2 atom stereocenters. The fourth-order valence-corrected chi connectivity index (χ4v) is 3.30. The topological polar surface area (TPSA) is 29.1 Å². The number of amides is 1. The number of benzene rings is 1. The maximum absolute atomic E-state index is 12.1. The molecule has 0 aromatic heterocycles. The Morgan fingerprint density at radius 3 is 2.71 bits per heavy atom. The second-order valence-electron chi connectivity index (χ2n) is 5.01. The van der Waals surface area contributed by atoms with E-state index in [0.29, 0.717) is 5.02 Å². The van der Waals surface area contributed by atoms with Gasteiger partial charge in [-0.15, -0.1) is 0 Å². The van der Waals surface area contributed by atoms with Crippen LogP contribution in [0.3, 0.4) is 0 Å². The molecular formula is C13H13BrClNO. The van der Waals surface area contributed by atoms with Crippen molar-refractivity contribution in [2.45, 2.75) is 19.3 Å². The van der Waals surface area contributed by atoms with Gasteiger partial charge in [-0.1, -0.05) is 17.7 Å². The van der Waals surface area contributed by atoms with Crippen molar-refractivity contribution in [3.63, 3.8) is 0 Å². The number of carbonyl (C=O) groups is 1. The van der Waals surface area contributed by atoms with Gasteiger partial charge in [-0.2, -0.15) is 0 Å². The summed E-state index contributed by atoms with van der Waals surface area (Å²) in [5, 5.41) is 3.59. The molecule has 1 aromatic rings. The SMILES string of the molecule is O=C(Nc1cccc(Cl)c1Br)C1CC2CC2C1. The number of halogens is 2. The monoisotopic (exact) mass is 313 g/mol. The summed E-state index contributed by atoms with van der Waals surface area (Å²) in [6.07, 6.45) is 3.47. The first-order chi connectivity index (χ1) is 8.15. The molecule has 2 fully saturated rings. The van der Waals surface area contributed by atoms with E-state index in [-0.39, 0.29) is 11.8 Å². The minimum atomic E-state index is 0.139. The normalized spacial score (nSPS) is 29.9. The molecule has 90 valence electrons. The Kier molecular flexibility index (Phi) is 2.91. The largest absolute Gasteiger partial charge is 0.325 e. The predicted molar refractivity (Wildman–Crippen MR) is 72.1 cm³/mol. The van der Waals surface area contributed by atoms with Crippen molar-refractivity contribution < 1.29 is 4.79 Å². The van der Waals surface area contributed by atoms with Gasteiger partial charge in [-0.05, 0) is 59.2 Å². The number of nitrogens with one attached hydrogen (secondary N) is 1. The number of fused-ring (bicyclic) bond motifs is 1. The highest BCUT2D eigenvalue weighted by atomic mass is 79.9. The Labute approximate surface area is 114 Å². The van der Waals surface area contributed by atoms with E-state index in [1.807, 2.05) is 12.1 Å². The third-order valence-electron chi connectivity index (χ3n) is 3.82. The van der Waals surface area contributed by atoms with Crippen LogP contribution in [0.4, 0.5) is 5.69 Å². The lowest BCUT2D eigenvalue weighted by Gasteiger charge is -2.13. The summed E-state index contributed by atoms with van der Waals surface area (Å²) in [4.78, 5) is 12.1. The van der Waals surface area contributed by atoms with Crippen LogP contribution in [0.25, 0.3) is 0 Å². The van der Waals surface area contributed by atoms with Gasteiger partial charge in [0.05, 0.1) is 15.2 Å². The first-order valence-electron chi connectivity index (χ1n) is 5.90. The van der Waals surface area contributed by atoms with Gasteiger partial charge in [-0.25, -0.2) is 0 Å². The molecule has 2 saturated carbocycles. The van der Waals surface area contributed by atoms with Crippen molar-refractivity contribution in [1.29, 1.82) is 0 Å². The van der Waals surface area contributed by atoms with Gasteiger partial charge >= 0.3 is 0 Å². The predicted octanol–water partition coefficient (Wildman–Crippen LogP) is 4.09. The smallest absolute Gasteiger partial charge is 0.227 e. The van der Waals surface area contributed by atoms with Gasteiger partial charge < -0.3 is 5.32 Å². The molecule has 0 heterocycles. The highest BCUT2D eigenvalue weighted by Gasteiger charge is 2.48. The van der Waals surface area contributed by atoms with Crippen LogP contribution in [0.1, 0.15) is 19.3 Å². The molecule has 0 saturated heterocycles. The Balaban J connectivity index is 1.69. The third-order valence-corrected chi connectivity index (χ3v) is 5.22. The zero-order valence-electron chi connectivity index (χ0n) is 9.25. The van der Waals surface area contributed by atoms with Crippen molar-refractivity contribution in [3.8, 4) is 0 Å². The third kappa shape index (κ3) is 2.23. The fourth-order valence-electron chi connectivity index (χ4n) is 2.76. The molecule has 1 N–H and O–H groups in total. The zero-order valence-corrected chi connectivity index (χ0v) is 11.6. The van der Waals surface area contributed by atoms with Crippen LogP contribution in [0.2, 0.25) is 5.02 Å². The van der Waals surface area contributed by atoms with Gasteiger partial charge in [0.25, 0.3) is 0 Å². The lowest BCUT2D eigenvalue weighted by molar-refractivity contribution is -0.120. The Morgan fingerprint density at radius 2 is 2.00 bits per heavy atom. The second-order valence-corrected chi connectivity index (χ2v) is 6.22. The molecule has 2 unspecified atom stereocenters. The summed E-state index contributed by atoms with van der Waals surface area (Å²) >= 11 is 9.38.